The molecular formula is C23H27NO3. The molecule has 0 aromatic heterocycles. The molecule has 4 nitrogen and oxygen atoms in total. The van der Waals surface area contributed by atoms with Gasteiger partial charge in [0.1, 0.15) is 11.5 Å². The highest BCUT2D eigenvalue weighted by Crippen LogP contribution is 2.40. The van der Waals surface area contributed by atoms with Crippen molar-refractivity contribution in [3.05, 3.63) is 64.4 Å². The van der Waals surface area contributed by atoms with E-state index in [1.54, 1.807) is 18.2 Å². The van der Waals surface area contributed by atoms with Crippen LogP contribution in [0.1, 0.15) is 60.7 Å². The Bertz CT molecular complexity index is 862. The molecule has 3 rings (SSSR count). The number of hydrogen-bond donors (Lipinski definition) is 1. The molecule has 0 saturated heterocycles. The van der Waals surface area contributed by atoms with Gasteiger partial charge in [-0.05, 0) is 48.3 Å². The van der Waals surface area contributed by atoms with E-state index >= 15 is 0 Å². The number of fused-ring (bicyclic) bond motifs is 1. The van der Waals surface area contributed by atoms with E-state index in [1.165, 1.54) is 5.56 Å². The topological polar surface area (TPSA) is 49.8 Å². The predicted octanol–water partition coefficient (Wildman–Crippen LogP) is 4.97. The minimum absolute atomic E-state index is 0.140. The molecule has 0 amide bonds. The lowest BCUT2D eigenvalue weighted by Gasteiger charge is -2.20. The summed E-state index contributed by atoms with van der Waals surface area (Å²) >= 11 is 0. The third-order valence-corrected chi connectivity index (χ3v) is 5.09. The Hall–Kier alpha value is -2.59. The molecular weight excluding hydrogens is 338 g/mol. The number of ether oxygens (including phenoxy) is 1. The number of benzene rings is 2. The van der Waals surface area contributed by atoms with Gasteiger partial charge in [0, 0.05) is 6.54 Å². The van der Waals surface area contributed by atoms with Crippen molar-refractivity contribution in [2.75, 3.05) is 13.1 Å². The lowest BCUT2D eigenvalue weighted by atomic mass is 10.0. The Labute approximate surface area is 161 Å². The van der Waals surface area contributed by atoms with Crippen molar-refractivity contribution >= 4 is 11.9 Å². The molecule has 4 heteroatoms. The van der Waals surface area contributed by atoms with Gasteiger partial charge in [-0.2, -0.15) is 0 Å². The van der Waals surface area contributed by atoms with Gasteiger partial charge in [-0.25, -0.2) is 0 Å². The Morgan fingerprint density at radius 1 is 1.07 bits per heavy atom. The van der Waals surface area contributed by atoms with E-state index in [4.69, 9.17) is 4.74 Å². The number of hydrogen-bond acceptors (Lipinski definition) is 4. The normalized spacial score (nSPS) is 14.9. The summed E-state index contributed by atoms with van der Waals surface area (Å²) in [7, 11) is 0. The van der Waals surface area contributed by atoms with E-state index < -0.39 is 0 Å². The number of ketones is 1. The van der Waals surface area contributed by atoms with Crippen LogP contribution < -0.4 is 4.74 Å². The zero-order chi connectivity index (χ0) is 19.6. The zero-order valence-electron chi connectivity index (χ0n) is 16.5. The summed E-state index contributed by atoms with van der Waals surface area (Å²) in [6.45, 7) is 10.7. The quantitative estimate of drug-likeness (QED) is 0.734. The van der Waals surface area contributed by atoms with Crippen molar-refractivity contribution in [3.63, 3.8) is 0 Å². The summed E-state index contributed by atoms with van der Waals surface area (Å²) in [5.74, 6) is 1.27. The number of phenols is 1. The highest BCUT2D eigenvalue weighted by Gasteiger charge is 2.31. The first-order chi connectivity index (χ1) is 12.9. The molecule has 0 bridgehead atoms. The van der Waals surface area contributed by atoms with Crippen LogP contribution >= 0.6 is 0 Å². The highest BCUT2D eigenvalue weighted by molar-refractivity contribution is 6.15. The molecule has 0 spiro atoms. The van der Waals surface area contributed by atoms with Gasteiger partial charge in [0.05, 0.1) is 11.1 Å². The number of phenolic OH excluding ortho intramolecular Hbond substituents is 1. The van der Waals surface area contributed by atoms with Crippen LogP contribution in [0.4, 0.5) is 0 Å². The number of Topliss-reactive ketones (excluding diaryl/α,β-unsaturated/α-hetero) is 1. The van der Waals surface area contributed by atoms with Crippen LogP contribution in [0.2, 0.25) is 0 Å². The molecule has 2 aromatic rings. The van der Waals surface area contributed by atoms with Crippen molar-refractivity contribution < 1.29 is 14.6 Å². The average Bonchev–Trinajstić information content (AvgIpc) is 2.97. The molecule has 0 fully saturated rings. The zero-order valence-corrected chi connectivity index (χ0v) is 16.5. The van der Waals surface area contributed by atoms with E-state index in [-0.39, 0.29) is 11.5 Å². The summed E-state index contributed by atoms with van der Waals surface area (Å²) in [6.07, 6.45) is 1.77. The predicted molar refractivity (Wildman–Crippen MR) is 108 cm³/mol. The first-order valence-corrected chi connectivity index (χ1v) is 9.56. The average molecular weight is 365 g/mol. The van der Waals surface area contributed by atoms with Crippen LogP contribution in [-0.2, 0) is 6.54 Å². The maximum atomic E-state index is 12.8. The number of rotatable bonds is 6. The largest absolute Gasteiger partial charge is 0.507 e. The summed E-state index contributed by atoms with van der Waals surface area (Å²) < 4.78 is 5.93. The molecule has 0 atom stereocenters. The molecule has 0 saturated carbocycles. The van der Waals surface area contributed by atoms with Crippen molar-refractivity contribution in [3.8, 4) is 11.5 Å². The second-order valence-corrected chi connectivity index (χ2v) is 7.16. The van der Waals surface area contributed by atoms with Crippen molar-refractivity contribution in [2.24, 2.45) is 0 Å². The fourth-order valence-electron chi connectivity index (χ4n) is 3.25. The highest BCUT2D eigenvalue weighted by atomic mass is 16.5. The van der Waals surface area contributed by atoms with Gasteiger partial charge >= 0.3 is 0 Å². The Morgan fingerprint density at radius 3 is 2.33 bits per heavy atom. The van der Waals surface area contributed by atoms with Crippen LogP contribution in [0.3, 0.4) is 0 Å². The number of carbonyl (C=O) groups excluding carboxylic acids is 1. The fourth-order valence-corrected chi connectivity index (χ4v) is 3.25. The first kappa shape index (κ1) is 19.2. The lowest BCUT2D eigenvalue weighted by molar-refractivity contribution is 0.101. The smallest absolute Gasteiger partial charge is 0.231 e. The second-order valence-electron chi connectivity index (χ2n) is 7.16. The Morgan fingerprint density at radius 2 is 1.74 bits per heavy atom. The van der Waals surface area contributed by atoms with Gasteiger partial charge in [0.15, 0.2) is 5.76 Å². The minimum Gasteiger partial charge on any atom is -0.507 e. The van der Waals surface area contributed by atoms with Crippen LogP contribution in [0.15, 0.2) is 42.2 Å². The molecule has 1 N–H and O–H groups in total. The van der Waals surface area contributed by atoms with Gasteiger partial charge in [0.25, 0.3) is 0 Å². The van der Waals surface area contributed by atoms with E-state index in [2.05, 4.69) is 44.7 Å². The molecule has 0 aliphatic carbocycles. The third-order valence-electron chi connectivity index (χ3n) is 5.09. The summed E-state index contributed by atoms with van der Waals surface area (Å²) in [6, 6.07) is 11.4. The third kappa shape index (κ3) is 3.91. The second kappa shape index (κ2) is 7.97. The summed E-state index contributed by atoms with van der Waals surface area (Å²) in [5, 5.41) is 10.3. The molecule has 142 valence electrons. The maximum Gasteiger partial charge on any atom is 0.231 e. The van der Waals surface area contributed by atoms with Gasteiger partial charge in [-0.15, -0.1) is 0 Å². The Balaban J connectivity index is 1.92. The Kier molecular flexibility index (Phi) is 5.66. The summed E-state index contributed by atoms with van der Waals surface area (Å²) in [5.41, 5.74) is 3.36. The number of allylic oxidation sites excluding steroid dienone is 1. The van der Waals surface area contributed by atoms with Crippen molar-refractivity contribution in [1.29, 1.82) is 0 Å². The van der Waals surface area contributed by atoms with E-state index in [9.17, 15) is 9.90 Å². The van der Waals surface area contributed by atoms with Gasteiger partial charge in [0.2, 0.25) is 5.78 Å². The SMILES string of the molecule is CCN(CC)Cc1c(O)ccc2c1O/C(=C\c1ccc(C(C)C)cc1)C2=O. The van der Waals surface area contributed by atoms with Crippen molar-refractivity contribution in [2.45, 2.75) is 40.2 Å². The lowest BCUT2D eigenvalue weighted by Crippen LogP contribution is -2.22. The van der Waals surface area contributed by atoms with Crippen molar-refractivity contribution in [1.82, 2.24) is 4.90 Å². The summed E-state index contributed by atoms with van der Waals surface area (Å²) in [4.78, 5) is 15.0. The van der Waals surface area contributed by atoms with Gasteiger partial charge in [-0.1, -0.05) is 52.0 Å². The van der Waals surface area contributed by atoms with Crippen LogP contribution in [0.5, 0.6) is 11.5 Å². The molecule has 27 heavy (non-hydrogen) atoms. The number of aromatic hydroxyl groups is 1. The van der Waals surface area contributed by atoms with Gasteiger partial charge in [-0.3, -0.25) is 9.69 Å². The first-order valence-electron chi connectivity index (χ1n) is 9.56. The van der Waals surface area contributed by atoms with Crippen LogP contribution in [0, 0.1) is 0 Å². The molecule has 1 aliphatic heterocycles. The van der Waals surface area contributed by atoms with E-state index in [0.29, 0.717) is 35.1 Å². The molecule has 2 aromatic carbocycles. The molecule has 1 heterocycles. The van der Waals surface area contributed by atoms with Crippen LogP contribution in [0.25, 0.3) is 6.08 Å². The minimum atomic E-state index is -0.140. The number of carbonyl (C=O) groups is 1. The molecule has 1 aliphatic rings. The standard InChI is InChI=1S/C23H27NO3/c1-5-24(6-2)14-19-20(25)12-11-18-22(26)21(27-23(18)19)13-16-7-9-17(10-8-16)15(3)4/h7-13,15,25H,5-6,14H2,1-4H3/b21-13-. The van der Waals surface area contributed by atoms with E-state index in [1.807, 2.05) is 12.1 Å². The van der Waals surface area contributed by atoms with Gasteiger partial charge < -0.3 is 9.84 Å². The number of nitrogens with zero attached hydrogens (tertiary/aromatic N) is 1. The molecule has 0 radical (unpaired) electrons. The maximum absolute atomic E-state index is 12.8. The molecule has 0 unspecified atom stereocenters. The monoisotopic (exact) mass is 365 g/mol. The van der Waals surface area contributed by atoms with E-state index in [0.717, 1.165) is 18.7 Å². The fraction of sp³-hybridized carbons (Fsp3) is 0.348. The van der Waals surface area contributed by atoms with Crippen LogP contribution in [-0.4, -0.2) is 28.9 Å².